The molecule has 1 rings (SSSR count). The van der Waals surface area contributed by atoms with Gasteiger partial charge in [-0.05, 0) is 24.1 Å². The van der Waals surface area contributed by atoms with Gasteiger partial charge in [-0.3, -0.25) is 9.59 Å². The number of rotatable bonds is 6. The number of nitrogens with one attached hydrogen (secondary N) is 2. The molecule has 0 spiro atoms. The Labute approximate surface area is 116 Å². The molecule has 0 aromatic heterocycles. The first-order valence-corrected chi connectivity index (χ1v) is 6.45. The van der Waals surface area contributed by atoms with Crippen LogP contribution >= 0.6 is 0 Å². The van der Waals surface area contributed by atoms with Gasteiger partial charge in [-0.2, -0.15) is 0 Å². The summed E-state index contributed by atoms with van der Waals surface area (Å²) in [4.78, 5) is 23.5. The maximum atomic E-state index is 13.2. The van der Waals surface area contributed by atoms with Crippen molar-refractivity contribution in [3.63, 3.8) is 0 Å². The fraction of sp³-hybridized carbons (Fsp3) is 0.429. The maximum absolute atomic E-state index is 13.2. The molecule has 0 radical (unpaired) electrons. The highest BCUT2D eigenvalue weighted by Crippen LogP contribution is 2.17. The molecule has 6 heteroatoms. The number of carbonyl (C=O) groups is 2. The zero-order valence-electron chi connectivity index (χ0n) is 11.5. The third-order valence-corrected chi connectivity index (χ3v) is 2.85. The smallest absolute Gasteiger partial charge is 0.246 e. The molecule has 2 N–H and O–H groups in total. The Kier molecular flexibility index (Phi) is 6.09. The molecular weight excluding hydrogens is 266 g/mol. The van der Waals surface area contributed by atoms with Crippen molar-refractivity contribution in [3.05, 3.63) is 35.4 Å². The van der Waals surface area contributed by atoms with Gasteiger partial charge in [-0.1, -0.05) is 19.4 Å². The molecule has 2 amide bonds. The van der Waals surface area contributed by atoms with E-state index in [1.54, 1.807) is 0 Å². The Balaban J connectivity index is 2.91. The molecule has 0 fully saturated rings. The minimum absolute atomic E-state index is 0.202. The molecule has 0 saturated carbocycles. The number of unbranched alkanes of at least 4 members (excludes halogenated alkanes) is 1. The normalized spacial score (nSPS) is 11.8. The SMILES string of the molecule is CCCCC(=O)N[C@H](C(=O)NC)c1ccc(F)c(F)c1. The van der Waals surface area contributed by atoms with Crippen LogP contribution in [0.1, 0.15) is 37.8 Å². The monoisotopic (exact) mass is 284 g/mol. The van der Waals surface area contributed by atoms with Crippen molar-refractivity contribution in [3.8, 4) is 0 Å². The zero-order chi connectivity index (χ0) is 15.1. The van der Waals surface area contributed by atoms with Crippen molar-refractivity contribution in [1.29, 1.82) is 0 Å². The summed E-state index contributed by atoms with van der Waals surface area (Å²) < 4.78 is 26.1. The molecule has 0 saturated heterocycles. The van der Waals surface area contributed by atoms with E-state index in [4.69, 9.17) is 0 Å². The van der Waals surface area contributed by atoms with Gasteiger partial charge in [-0.25, -0.2) is 8.78 Å². The molecule has 110 valence electrons. The lowest BCUT2D eigenvalue weighted by atomic mass is 10.1. The predicted molar refractivity (Wildman–Crippen MR) is 70.8 cm³/mol. The van der Waals surface area contributed by atoms with Crippen LogP contribution in [0.15, 0.2) is 18.2 Å². The third kappa shape index (κ3) is 4.29. The summed E-state index contributed by atoms with van der Waals surface area (Å²) in [7, 11) is 1.41. The Hall–Kier alpha value is -1.98. The highest BCUT2D eigenvalue weighted by molar-refractivity contribution is 5.88. The van der Waals surface area contributed by atoms with Gasteiger partial charge in [0, 0.05) is 13.5 Å². The van der Waals surface area contributed by atoms with Gasteiger partial charge in [-0.15, -0.1) is 0 Å². The molecule has 1 aromatic carbocycles. The van der Waals surface area contributed by atoms with Crippen molar-refractivity contribution in [1.82, 2.24) is 10.6 Å². The van der Waals surface area contributed by atoms with Crippen LogP contribution in [-0.2, 0) is 9.59 Å². The van der Waals surface area contributed by atoms with E-state index in [9.17, 15) is 18.4 Å². The second-order valence-electron chi connectivity index (χ2n) is 4.39. The second-order valence-corrected chi connectivity index (χ2v) is 4.39. The van der Waals surface area contributed by atoms with Gasteiger partial charge in [0.05, 0.1) is 0 Å². The van der Waals surface area contributed by atoms with Crippen LogP contribution in [0, 0.1) is 11.6 Å². The van der Waals surface area contributed by atoms with Gasteiger partial charge in [0.1, 0.15) is 6.04 Å². The van der Waals surface area contributed by atoms with Crippen LogP contribution in [-0.4, -0.2) is 18.9 Å². The summed E-state index contributed by atoms with van der Waals surface area (Å²) in [6, 6.07) is 2.09. The Morgan fingerprint density at radius 3 is 2.50 bits per heavy atom. The van der Waals surface area contributed by atoms with E-state index in [-0.39, 0.29) is 17.9 Å². The summed E-state index contributed by atoms with van der Waals surface area (Å²) in [5.74, 6) is -2.84. The van der Waals surface area contributed by atoms with Crippen LogP contribution in [0.2, 0.25) is 0 Å². The fourth-order valence-electron chi connectivity index (χ4n) is 1.71. The fourth-order valence-corrected chi connectivity index (χ4v) is 1.71. The van der Waals surface area contributed by atoms with E-state index < -0.39 is 23.6 Å². The van der Waals surface area contributed by atoms with E-state index in [2.05, 4.69) is 10.6 Å². The second kappa shape index (κ2) is 7.57. The first kappa shape index (κ1) is 16.1. The Bertz CT molecular complexity index is 492. The Morgan fingerprint density at radius 2 is 1.95 bits per heavy atom. The molecular formula is C14H18F2N2O2. The van der Waals surface area contributed by atoms with Crippen molar-refractivity contribution in [2.45, 2.75) is 32.2 Å². The van der Waals surface area contributed by atoms with Crippen molar-refractivity contribution in [2.75, 3.05) is 7.05 Å². The van der Waals surface area contributed by atoms with E-state index in [1.165, 1.54) is 13.1 Å². The van der Waals surface area contributed by atoms with Crippen LogP contribution in [0.3, 0.4) is 0 Å². The van der Waals surface area contributed by atoms with Gasteiger partial charge >= 0.3 is 0 Å². The molecule has 1 atom stereocenters. The molecule has 0 unspecified atom stereocenters. The van der Waals surface area contributed by atoms with Crippen LogP contribution in [0.25, 0.3) is 0 Å². The number of likely N-dealkylation sites (N-methyl/N-ethyl adjacent to an activating group) is 1. The van der Waals surface area contributed by atoms with E-state index in [0.29, 0.717) is 6.42 Å². The largest absolute Gasteiger partial charge is 0.357 e. The molecule has 0 aliphatic heterocycles. The summed E-state index contributed by atoms with van der Waals surface area (Å²) >= 11 is 0. The topological polar surface area (TPSA) is 58.2 Å². The first-order chi connectivity index (χ1) is 9.49. The van der Waals surface area contributed by atoms with Crippen molar-refractivity contribution < 1.29 is 18.4 Å². The number of benzene rings is 1. The summed E-state index contributed by atoms with van der Waals surface area (Å²) in [6.07, 6.45) is 1.83. The number of hydrogen-bond donors (Lipinski definition) is 2. The highest BCUT2D eigenvalue weighted by Gasteiger charge is 2.22. The molecule has 0 heterocycles. The minimum Gasteiger partial charge on any atom is -0.357 e. The number of amides is 2. The van der Waals surface area contributed by atoms with Crippen LogP contribution < -0.4 is 10.6 Å². The molecule has 0 aliphatic rings. The minimum atomic E-state index is -1.06. The van der Waals surface area contributed by atoms with Gasteiger partial charge in [0.2, 0.25) is 11.8 Å². The van der Waals surface area contributed by atoms with Crippen molar-refractivity contribution in [2.24, 2.45) is 0 Å². The lowest BCUT2D eigenvalue weighted by Gasteiger charge is -2.18. The van der Waals surface area contributed by atoms with E-state index in [0.717, 1.165) is 18.6 Å². The number of carbonyl (C=O) groups excluding carboxylic acids is 2. The zero-order valence-corrected chi connectivity index (χ0v) is 11.5. The van der Waals surface area contributed by atoms with Crippen LogP contribution in [0.5, 0.6) is 0 Å². The van der Waals surface area contributed by atoms with Gasteiger partial charge in [0.15, 0.2) is 11.6 Å². The summed E-state index contributed by atoms with van der Waals surface area (Å²) in [6.45, 7) is 1.94. The average molecular weight is 284 g/mol. The predicted octanol–water partition coefficient (Wildman–Crippen LogP) is 2.06. The number of hydrogen-bond acceptors (Lipinski definition) is 2. The average Bonchev–Trinajstić information content (AvgIpc) is 2.44. The first-order valence-electron chi connectivity index (χ1n) is 6.45. The third-order valence-electron chi connectivity index (χ3n) is 2.85. The van der Waals surface area contributed by atoms with E-state index in [1.807, 2.05) is 6.92 Å². The highest BCUT2D eigenvalue weighted by atomic mass is 19.2. The quantitative estimate of drug-likeness (QED) is 0.840. The molecule has 1 aromatic rings. The standard InChI is InChI=1S/C14H18F2N2O2/c1-3-4-5-12(19)18-13(14(20)17-2)9-6-7-10(15)11(16)8-9/h6-8,13H,3-5H2,1-2H3,(H,17,20)(H,18,19)/t13-/m0/s1. The van der Waals surface area contributed by atoms with Crippen LogP contribution in [0.4, 0.5) is 8.78 Å². The Morgan fingerprint density at radius 1 is 1.25 bits per heavy atom. The molecule has 0 aliphatic carbocycles. The molecule has 20 heavy (non-hydrogen) atoms. The lowest BCUT2D eigenvalue weighted by Crippen LogP contribution is -2.39. The lowest BCUT2D eigenvalue weighted by molar-refractivity contribution is -0.129. The van der Waals surface area contributed by atoms with Crippen molar-refractivity contribution >= 4 is 11.8 Å². The number of halogens is 2. The van der Waals surface area contributed by atoms with Gasteiger partial charge in [0.25, 0.3) is 0 Å². The summed E-state index contributed by atoms with van der Waals surface area (Å²) in [5.41, 5.74) is 0.202. The summed E-state index contributed by atoms with van der Waals surface area (Å²) in [5, 5.41) is 4.91. The maximum Gasteiger partial charge on any atom is 0.246 e. The molecule has 4 nitrogen and oxygen atoms in total. The van der Waals surface area contributed by atoms with Gasteiger partial charge < -0.3 is 10.6 Å². The molecule has 0 bridgehead atoms. The van der Waals surface area contributed by atoms with E-state index >= 15 is 0 Å².